The van der Waals surface area contributed by atoms with Crippen molar-refractivity contribution in [2.75, 3.05) is 160 Å². The fourth-order valence-electron chi connectivity index (χ4n) is 22.3. The van der Waals surface area contributed by atoms with Crippen molar-refractivity contribution < 1.29 is 57.4 Å². The first-order valence-corrected chi connectivity index (χ1v) is 52.4. The number of benzene rings is 4. The molecule has 0 spiro atoms. The van der Waals surface area contributed by atoms with Gasteiger partial charge in [0, 0.05) is 208 Å². The summed E-state index contributed by atoms with van der Waals surface area (Å²) >= 11 is 0. The van der Waals surface area contributed by atoms with Gasteiger partial charge in [0.25, 0.3) is 0 Å². The molecule has 12 atom stereocenters. The number of unbranched alkanes of at least 4 members (excludes halogenated alkanes) is 2. The van der Waals surface area contributed by atoms with E-state index in [1.807, 2.05) is 87.0 Å². The number of nitrogens with zero attached hydrogens (tertiary/aromatic N) is 5. The van der Waals surface area contributed by atoms with Crippen LogP contribution in [-0.2, 0) is 38.8 Å². The number of methoxy groups -OCH3 is 3. The predicted molar refractivity (Wildman–Crippen MR) is 532 cm³/mol. The number of ether oxygens (including phenoxy) is 7. The Labute approximate surface area is 796 Å². The molecule has 0 bridgehead atoms. The van der Waals surface area contributed by atoms with Crippen molar-refractivity contribution in [1.29, 1.82) is 0 Å². The molecule has 744 valence electrons. The van der Waals surface area contributed by atoms with Crippen molar-refractivity contribution in [3.8, 4) is 0 Å². The van der Waals surface area contributed by atoms with Crippen LogP contribution in [0.25, 0.3) is 0 Å². The Morgan fingerprint density at radius 1 is 0.386 bits per heavy atom. The number of piperidine rings is 4. The van der Waals surface area contributed by atoms with Gasteiger partial charge in [0.05, 0.1) is 23.9 Å². The van der Waals surface area contributed by atoms with Crippen LogP contribution in [0.3, 0.4) is 0 Å². The molecular weight excluding hydrogens is 1660 g/mol. The molecule has 24 nitrogen and oxygen atoms in total. The summed E-state index contributed by atoms with van der Waals surface area (Å²) in [6, 6.07) is 41.8. The molecule has 8 fully saturated rings. The van der Waals surface area contributed by atoms with Crippen molar-refractivity contribution in [2.45, 2.75) is 305 Å². The third kappa shape index (κ3) is 38.1. The van der Waals surface area contributed by atoms with E-state index in [-0.39, 0.29) is 84.4 Å². The highest BCUT2D eigenvalue weighted by atomic mass is 16.5. The lowest BCUT2D eigenvalue weighted by molar-refractivity contribution is -0.0564. The Kier molecular flexibility index (Phi) is 52.7. The van der Waals surface area contributed by atoms with Crippen LogP contribution in [0.15, 0.2) is 121 Å². The molecule has 8 amide bonds. The summed E-state index contributed by atoms with van der Waals surface area (Å²) in [7, 11) is 7.12. The molecule has 12 N–H and O–H groups in total. The summed E-state index contributed by atoms with van der Waals surface area (Å²) in [5, 5.41) is 21.7. The van der Waals surface area contributed by atoms with Crippen LogP contribution in [-0.4, -0.2) is 238 Å². The number of nitrogens with one attached hydrogen (secondary N) is 3. The van der Waals surface area contributed by atoms with Crippen molar-refractivity contribution in [2.24, 2.45) is 70.3 Å². The highest BCUT2D eigenvalue weighted by Gasteiger charge is 2.43. The highest BCUT2D eigenvalue weighted by Crippen LogP contribution is 2.42. The number of likely N-dealkylation sites (tertiary alicyclic amines) is 4. The Hall–Kier alpha value is -6.52. The fourth-order valence-corrected chi connectivity index (χ4v) is 22.3. The third-order valence-corrected chi connectivity index (χ3v) is 29.8. The summed E-state index contributed by atoms with van der Waals surface area (Å²) in [5.74, 6) is 3.67. The molecule has 0 unspecified atom stereocenters. The molecule has 4 aliphatic heterocycles. The first-order chi connectivity index (χ1) is 64.6. The molecule has 4 saturated carbocycles. The minimum absolute atomic E-state index is 0.00323. The second-order valence-corrected chi connectivity index (χ2v) is 39.7. The summed E-state index contributed by atoms with van der Waals surface area (Å²) in [5.41, 5.74) is 27.9. The number of amides is 8. The van der Waals surface area contributed by atoms with Crippen LogP contribution in [0.5, 0.6) is 0 Å². The van der Waals surface area contributed by atoms with Gasteiger partial charge < -0.3 is 102 Å². The van der Waals surface area contributed by atoms with Crippen molar-refractivity contribution in [3.05, 3.63) is 144 Å². The Morgan fingerprint density at radius 3 is 1.09 bits per heavy atom. The quantitative estimate of drug-likeness (QED) is 0.0191. The number of carbonyl (C=O) groups excluding carboxylic acids is 4. The lowest BCUT2D eigenvalue weighted by Gasteiger charge is -2.43. The van der Waals surface area contributed by atoms with Gasteiger partial charge in [0.15, 0.2) is 0 Å². The second-order valence-electron chi connectivity index (χ2n) is 39.7. The normalized spacial score (nSPS) is 21.8. The van der Waals surface area contributed by atoms with Gasteiger partial charge in [-0.15, -0.1) is 0 Å². The number of nitrogens with two attached hydrogens (primary N) is 4. The first kappa shape index (κ1) is 109. The lowest BCUT2D eigenvalue weighted by Crippen LogP contribution is -2.53. The molecule has 4 aliphatic carbocycles. The van der Waals surface area contributed by atoms with Crippen molar-refractivity contribution in [1.82, 2.24) is 40.4 Å². The van der Waals surface area contributed by atoms with E-state index in [4.69, 9.17) is 56.1 Å². The smallest absolute Gasteiger partial charge is 0.320 e. The van der Waals surface area contributed by atoms with Crippen LogP contribution in [0.2, 0.25) is 0 Å². The standard InChI is InChI=1S/4C27H45N3O3/c1-29(25(20-28)19-22-11-5-3-6-12-22)27(31)30-16-9-15-24(21-30)26(33-18-10-17-32-2)23-13-7-4-8-14-23;1-32-17-8-9-18-33-26(23-13-6-3-7-14-23)24-15-10-16-30(21-24)27(31)29-25(20-28)19-22-11-4-2-5-12-22;1-33-18-9-8-16-27(32,23-13-6-3-7-14-23)24-15-10-17-30(21-24)26(31)29-25(20-28)19-22-11-4-2-5-12-22;1-2-32-17-10-18-33-26(23-13-7-4-8-14-23)24-15-9-16-30(21-24)27(31)29-25(20-28)19-22-11-5-3-6-12-22/h4,7-8,13-14,22,24-26H,3,5-6,9-12,15-21,28H2,1-2H3;3,6-7,13-14,22,24-26H,2,4-5,8-12,15-21,28H2,1H3,(H,29,31);3,6-7,13-14,22,24-25,32H,2,4-5,8-12,15-21,28H2,1H3,(H,29,31);4,7-8,13-14,22,24-26H,2-3,5-6,9-12,15-21,28H2,1H3,(H,29,31)/t2*24-,25+,26+;24-,25+,27-;24-,25+,26+/m1111/s1. The summed E-state index contributed by atoms with van der Waals surface area (Å²) in [6.07, 6.45) is 44.3. The monoisotopic (exact) mass is 1840 g/mol. The molecule has 4 heterocycles. The third-order valence-electron chi connectivity index (χ3n) is 29.8. The number of hydrogen-bond donors (Lipinski definition) is 8. The van der Waals surface area contributed by atoms with E-state index in [1.165, 1.54) is 145 Å². The number of hydrogen-bond acceptors (Lipinski definition) is 16. The Morgan fingerprint density at radius 2 is 0.712 bits per heavy atom. The fraction of sp³-hybridized carbons (Fsp3) is 0.741. The summed E-state index contributed by atoms with van der Waals surface area (Å²) in [6.45, 7) is 15.6. The van der Waals surface area contributed by atoms with Crippen LogP contribution in [0, 0.1) is 47.3 Å². The van der Waals surface area contributed by atoms with Crippen molar-refractivity contribution >= 4 is 24.1 Å². The van der Waals surface area contributed by atoms with Gasteiger partial charge in [-0.2, -0.15) is 0 Å². The van der Waals surface area contributed by atoms with E-state index < -0.39 is 5.60 Å². The van der Waals surface area contributed by atoms with E-state index in [9.17, 15) is 24.3 Å². The molecule has 4 aromatic carbocycles. The van der Waals surface area contributed by atoms with E-state index >= 15 is 0 Å². The average Bonchev–Trinajstić information content (AvgIpc) is 0.787. The molecule has 0 aromatic heterocycles. The summed E-state index contributed by atoms with van der Waals surface area (Å²) in [4.78, 5) is 62.8. The number of likely N-dealkylation sites (N-methyl/N-ethyl adjacent to an activating group) is 1. The molecule has 0 radical (unpaired) electrons. The average molecular weight is 1840 g/mol. The van der Waals surface area contributed by atoms with E-state index in [1.54, 1.807) is 21.3 Å². The van der Waals surface area contributed by atoms with Gasteiger partial charge in [-0.25, -0.2) is 19.2 Å². The zero-order valence-corrected chi connectivity index (χ0v) is 82.4. The van der Waals surface area contributed by atoms with E-state index in [0.29, 0.717) is 102 Å². The predicted octanol–water partition coefficient (Wildman–Crippen LogP) is 19.0. The van der Waals surface area contributed by atoms with E-state index in [2.05, 4.69) is 88.7 Å². The number of rotatable bonds is 46. The van der Waals surface area contributed by atoms with Crippen molar-refractivity contribution in [3.63, 3.8) is 0 Å². The van der Waals surface area contributed by atoms with Gasteiger partial charge in [0.1, 0.15) is 0 Å². The zero-order chi connectivity index (χ0) is 93.6. The van der Waals surface area contributed by atoms with Gasteiger partial charge >= 0.3 is 24.1 Å². The molecule has 132 heavy (non-hydrogen) atoms. The summed E-state index contributed by atoms with van der Waals surface area (Å²) < 4.78 is 40.2. The molecule has 4 saturated heterocycles. The molecular formula is C108H180N12O12. The number of aliphatic hydroxyl groups is 1. The molecule has 4 aromatic rings. The van der Waals surface area contributed by atoms with Gasteiger partial charge in [-0.05, 0) is 175 Å². The first-order valence-electron chi connectivity index (χ1n) is 52.4. The molecule has 24 heteroatoms. The molecule has 12 rings (SSSR count). The largest absolute Gasteiger partial charge is 0.385 e. The maximum absolute atomic E-state index is 13.5. The SMILES string of the molecule is CCOCCCO[C@@H](c1ccccc1)[C@@H]1CCCN(C(=O)N[C@H](CN)CC2CCCCC2)C1.COCCCCO[C@@H](c1ccccc1)[C@@H]1CCCN(C(=O)N[C@H](CN)CC2CCCCC2)C1.COCCCC[C@@](O)(c1ccccc1)[C@@H]1CCCN(C(=O)N[C@H](CN)CC2CCCCC2)C1.COCCCO[C@@H](c1ccccc1)[C@@H]1CCCN(C(=O)N(C)[C@H](CN)CC2CCCCC2)C1. The zero-order valence-electron chi connectivity index (χ0n) is 82.4. The minimum Gasteiger partial charge on any atom is -0.385 e. The maximum atomic E-state index is 13.5. The van der Waals surface area contributed by atoms with Gasteiger partial charge in [-0.1, -0.05) is 250 Å². The van der Waals surface area contributed by atoms with Crippen LogP contribution in [0.4, 0.5) is 19.2 Å². The number of urea groups is 4. The highest BCUT2D eigenvalue weighted by molar-refractivity contribution is 5.76. The van der Waals surface area contributed by atoms with Gasteiger partial charge in [0.2, 0.25) is 0 Å². The van der Waals surface area contributed by atoms with Gasteiger partial charge in [-0.3, -0.25) is 0 Å². The lowest BCUT2D eigenvalue weighted by atomic mass is 9.74. The topological polar surface area (TPSA) is 309 Å². The van der Waals surface area contributed by atoms with Crippen LogP contribution in [0.1, 0.15) is 298 Å². The van der Waals surface area contributed by atoms with Crippen LogP contribution < -0.4 is 38.9 Å². The Balaban J connectivity index is 0.000000198. The minimum atomic E-state index is -0.941. The maximum Gasteiger partial charge on any atom is 0.320 e. The Bertz CT molecular complexity index is 3530. The number of carbonyl (C=O) groups is 4. The second kappa shape index (κ2) is 63.8. The van der Waals surface area contributed by atoms with E-state index in [0.717, 1.165) is 187 Å². The molecule has 8 aliphatic rings. The van der Waals surface area contributed by atoms with Crippen LogP contribution >= 0.6 is 0 Å².